The van der Waals surface area contributed by atoms with E-state index in [9.17, 15) is 0 Å². The first-order chi connectivity index (χ1) is 10.7. The van der Waals surface area contributed by atoms with E-state index >= 15 is 0 Å². The molecule has 1 rings (SSSR count). The van der Waals surface area contributed by atoms with Crippen LogP contribution in [0, 0.1) is 0 Å². The number of guanidine groups is 1. The molecule has 22 heavy (non-hydrogen) atoms. The molecule has 1 aromatic rings. The summed E-state index contributed by atoms with van der Waals surface area (Å²) in [6.07, 6.45) is 5.93. The summed E-state index contributed by atoms with van der Waals surface area (Å²) < 4.78 is 6.88. The third-order valence-electron chi connectivity index (χ3n) is 3.36. The second-order valence-corrected chi connectivity index (χ2v) is 5.35. The molecule has 0 aliphatic heterocycles. The highest BCUT2D eigenvalue weighted by Crippen LogP contribution is 1.95. The molecule has 0 amide bonds. The summed E-state index contributed by atoms with van der Waals surface area (Å²) in [5.74, 6) is 0.842. The Labute approximate surface area is 133 Å². The second kappa shape index (κ2) is 11.0. The lowest BCUT2D eigenvalue weighted by molar-refractivity contribution is 0.180. The molecule has 0 saturated carbocycles. The number of nitrogens with zero attached hydrogens (tertiary/aromatic N) is 4. The van der Waals surface area contributed by atoms with E-state index in [0.29, 0.717) is 0 Å². The normalized spacial score (nSPS) is 12.0. The number of ether oxygens (including phenoxy) is 1. The average molecular weight is 310 g/mol. The van der Waals surface area contributed by atoms with Gasteiger partial charge in [0.15, 0.2) is 5.96 Å². The maximum atomic E-state index is 5.06. The van der Waals surface area contributed by atoms with Crippen LogP contribution >= 0.6 is 0 Å². The van der Waals surface area contributed by atoms with Crippen LogP contribution in [0.1, 0.15) is 12.0 Å². The quantitative estimate of drug-likeness (QED) is 0.364. The first-order valence-electron chi connectivity index (χ1n) is 7.75. The Morgan fingerprint density at radius 2 is 2.14 bits per heavy atom. The number of aromatic nitrogens is 2. The fourth-order valence-corrected chi connectivity index (χ4v) is 2.10. The number of hydrogen-bond donors (Lipinski definition) is 2. The molecule has 0 aliphatic rings. The predicted molar refractivity (Wildman–Crippen MR) is 90.3 cm³/mol. The molecule has 0 atom stereocenters. The van der Waals surface area contributed by atoms with Crippen LogP contribution < -0.4 is 10.6 Å². The summed E-state index contributed by atoms with van der Waals surface area (Å²) in [6.45, 7) is 4.55. The molecule has 0 aliphatic carbocycles. The zero-order chi connectivity index (χ0) is 16.2. The maximum absolute atomic E-state index is 5.06. The van der Waals surface area contributed by atoms with Gasteiger partial charge < -0.3 is 20.3 Å². The predicted octanol–water partition coefficient (Wildman–Crippen LogP) is 0.0959. The minimum absolute atomic E-state index is 0.815. The Kier molecular flexibility index (Phi) is 9.25. The van der Waals surface area contributed by atoms with Gasteiger partial charge in [-0.25, -0.2) is 0 Å². The Hall–Kier alpha value is -1.60. The summed E-state index contributed by atoms with van der Waals surface area (Å²) in [5.41, 5.74) is 1.23. The van der Waals surface area contributed by atoms with Gasteiger partial charge in [0.2, 0.25) is 0 Å². The average Bonchev–Trinajstić information content (AvgIpc) is 2.91. The minimum atomic E-state index is 0.815. The van der Waals surface area contributed by atoms with Gasteiger partial charge in [0.05, 0.1) is 6.20 Å². The van der Waals surface area contributed by atoms with E-state index in [4.69, 9.17) is 4.74 Å². The lowest BCUT2D eigenvalue weighted by Crippen LogP contribution is -2.41. The fraction of sp³-hybridized carbons (Fsp3) is 0.733. The Morgan fingerprint density at radius 3 is 2.77 bits per heavy atom. The number of aryl methyl sites for hydroxylation is 1. The fourth-order valence-electron chi connectivity index (χ4n) is 2.10. The van der Waals surface area contributed by atoms with Gasteiger partial charge in [0, 0.05) is 60.2 Å². The zero-order valence-electron chi connectivity index (χ0n) is 14.3. The molecule has 0 radical (unpaired) electrons. The lowest BCUT2D eigenvalue weighted by atomic mass is 10.2. The van der Waals surface area contributed by atoms with E-state index < -0.39 is 0 Å². The molecule has 1 heterocycles. The molecule has 0 saturated heterocycles. The van der Waals surface area contributed by atoms with Crippen LogP contribution in [0.4, 0.5) is 0 Å². The van der Waals surface area contributed by atoms with E-state index in [1.807, 2.05) is 24.1 Å². The molecular weight excluding hydrogens is 280 g/mol. The summed E-state index contributed by atoms with van der Waals surface area (Å²) >= 11 is 0. The molecule has 0 spiro atoms. The van der Waals surface area contributed by atoms with Crippen LogP contribution in [0.5, 0.6) is 0 Å². The molecule has 1 aromatic heterocycles. The summed E-state index contributed by atoms with van der Waals surface area (Å²) in [6, 6.07) is 0. The number of likely N-dealkylation sites (N-methyl/N-ethyl adjacent to an activating group) is 1. The molecule has 7 nitrogen and oxygen atoms in total. The summed E-state index contributed by atoms with van der Waals surface area (Å²) in [7, 11) is 7.58. The van der Waals surface area contributed by atoms with Crippen LogP contribution in [-0.2, 0) is 18.2 Å². The van der Waals surface area contributed by atoms with Crippen LogP contribution in [0.25, 0.3) is 0 Å². The highest BCUT2D eigenvalue weighted by molar-refractivity contribution is 5.79. The van der Waals surface area contributed by atoms with Gasteiger partial charge in [0.1, 0.15) is 0 Å². The zero-order valence-corrected chi connectivity index (χ0v) is 14.3. The number of rotatable bonds is 10. The first kappa shape index (κ1) is 18.4. The second-order valence-electron chi connectivity index (χ2n) is 5.35. The van der Waals surface area contributed by atoms with Crippen molar-refractivity contribution < 1.29 is 4.74 Å². The number of aliphatic imine (C=N–C) groups is 1. The topological polar surface area (TPSA) is 66.7 Å². The van der Waals surface area contributed by atoms with Crippen molar-refractivity contribution in [3.05, 3.63) is 18.0 Å². The highest BCUT2D eigenvalue weighted by atomic mass is 16.5. The smallest absolute Gasteiger partial charge is 0.191 e. The molecule has 0 bridgehead atoms. The standard InChI is InChI=1S/C15H30N6O/c1-16-15(17-7-6-14-12-19-21(3)13-14)18-8-10-20(2)9-5-11-22-4/h12-13H,5-11H2,1-4H3,(H2,16,17,18). The van der Waals surface area contributed by atoms with Crippen LogP contribution in [-0.4, -0.2) is 74.6 Å². The van der Waals surface area contributed by atoms with Crippen molar-refractivity contribution in [2.24, 2.45) is 12.0 Å². The van der Waals surface area contributed by atoms with Crippen LogP contribution in [0.15, 0.2) is 17.4 Å². The monoisotopic (exact) mass is 310 g/mol. The van der Waals surface area contributed by atoms with E-state index in [1.54, 1.807) is 14.2 Å². The molecule has 0 aromatic carbocycles. The van der Waals surface area contributed by atoms with Crippen LogP contribution in [0.3, 0.4) is 0 Å². The van der Waals surface area contributed by atoms with Crippen LogP contribution in [0.2, 0.25) is 0 Å². The van der Waals surface area contributed by atoms with Gasteiger partial charge in [0.25, 0.3) is 0 Å². The molecular formula is C15H30N6O. The molecule has 2 N–H and O–H groups in total. The molecule has 126 valence electrons. The van der Waals surface area contributed by atoms with Crippen molar-refractivity contribution in [3.8, 4) is 0 Å². The molecule has 0 fully saturated rings. The Morgan fingerprint density at radius 1 is 1.36 bits per heavy atom. The van der Waals surface area contributed by atoms with E-state index in [-0.39, 0.29) is 0 Å². The van der Waals surface area contributed by atoms with Gasteiger partial charge in [-0.1, -0.05) is 0 Å². The van der Waals surface area contributed by atoms with Gasteiger partial charge in [-0.15, -0.1) is 0 Å². The van der Waals surface area contributed by atoms with E-state index in [1.165, 1.54) is 5.56 Å². The van der Waals surface area contributed by atoms with Crippen molar-refractivity contribution >= 4 is 5.96 Å². The van der Waals surface area contributed by atoms with Crippen molar-refractivity contribution in [1.29, 1.82) is 0 Å². The first-order valence-corrected chi connectivity index (χ1v) is 7.75. The SMILES string of the molecule is CN=C(NCCc1cnn(C)c1)NCCN(C)CCCOC. The van der Waals surface area contributed by atoms with Crippen molar-refractivity contribution in [2.45, 2.75) is 12.8 Å². The van der Waals surface area contributed by atoms with Crippen molar-refractivity contribution in [3.63, 3.8) is 0 Å². The number of hydrogen-bond acceptors (Lipinski definition) is 4. The molecule has 0 unspecified atom stereocenters. The molecule has 7 heteroatoms. The third-order valence-corrected chi connectivity index (χ3v) is 3.36. The number of methoxy groups -OCH3 is 1. The Bertz CT molecular complexity index is 431. The van der Waals surface area contributed by atoms with Gasteiger partial charge in [-0.05, 0) is 25.5 Å². The largest absolute Gasteiger partial charge is 0.385 e. The highest BCUT2D eigenvalue weighted by Gasteiger charge is 2.01. The lowest BCUT2D eigenvalue weighted by Gasteiger charge is -2.18. The number of nitrogens with one attached hydrogen (secondary N) is 2. The third kappa shape index (κ3) is 7.99. The van der Waals surface area contributed by atoms with Gasteiger partial charge >= 0.3 is 0 Å². The van der Waals surface area contributed by atoms with Crippen molar-refractivity contribution in [2.75, 3.05) is 54.0 Å². The van der Waals surface area contributed by atoms with Gasteiger partial charge in [-0.2, -0.15) is 5.10 Å². The maximum Gasteiger partial charge on any atom is 0.191 e. The van der Waals surface area contributed by atoms with E-state index in [2.05, 4.69) is 32.7 Å². The summed E-state index contributed by atoms with van der Waals surface area (Å²) in [5, 5.41) is 10.8. The van der Waals surface area contributed by atoms with Gasteiger partial charge in [-0.3, -0.25) is 9.67 Å². The Balaban J connectivity index is 2.11. The summed E-state index contributed by atoms with van der Waals surface area (Å²) in [4.78, 5) is 6.52. The minimum Gasteiger partial charge on any atom is -0.385 e. The van der Waals surface area contributed by atoms with Crippen molar-refractivity contribution in [1.82, 2.24) is 25.3 Å². The van der Waals surface area contributed by atoms with E-state index in [0.717, 1.165) is 51.6 Å².